The molecule has 0 aromatic heterocycles. The first-order chi connectivity index (χ1) is 5.66. The number of halogens is 1. The first-order valence-corrected chi connectivity index (χ1v) is 5.63. The lowest BCUT2D eigenvalue weighted by atomic mass is 10.4. The summed E-state index contributed by atoms with van der Waals surface area (Å²) in [6.45, 7) is 5.45. The largest absolute Gasteiger partial charge is 0.379 e. The molecule has 0 heterocycles. The van der Waals surface area contributed by atoms with Crippen molar-refractivity contribution in [2.75, 3.05) is 17.6 Å². The minimum Gasteiger partial charge on any atom is -0.379 e. The van der Waals surface area contributed by atoms with Gasteiger partial charge >= 0.3 is 0 Å². The highest BCUT2D eigenvalue weighted by Crippen LogP contribution is 1.89. The summed E-state index contributed by atoms with van der Waals surface area (Å²) in [4.78, 5) is 10.7. The fraction of sp³-hybridized carbons (Fsp3) is 0.875. The van der Waals surface area contributed by atoms with E-state index in [2.05, 4.69) is 5.32 Å². The monoisotopic (exact) mass is 285 g/mol. The Morgan fingerprint density at radius 3 is 2.75 bits per heavy atom. The molecule has 72 valence electrons. The van der Waals surface area contributed by atoms with Gasteiger partial charge in [0.1, 0.15) is 0 Å². The molecule has 0 bridgehead atoms. The molecule has 0 unspecified atom stereocenters. The lowest BCUT2D eigenvalue weighted by Gasteiger charge is -2.07. The number of hydrogen-bond donors (Lipinski definition) is 1. The summed E-state index contributed by atoms with van der Waals surface area (Å²) in [5, 5.41) is 2.78. The van der Waals surface area contributed by atoms with Crippen LogP contribution in [-0.4, -0.2) is 29.6 Å². The van der Waals surface area contributed by atoms with Crippen molar-refractivity contribution >= 4 is 28.5 Å². The van der Waals surface area contributed by atoms with Gasteiger partial charge in [-0.2, -0.15) is 0 Å². The van der Waals surface area contributed by atoms with Crippen LogP contribution in [0.4, 0.5) is 0 Å². The maximum absolute atomic E-state index is 10.7. The number of carbonyl (C=O) groups is 1. The minimum absolute atomic E-state index is 0.0974. The van der Waals surface area contributed by atoms with Gasteiger partial charge in [-0.3, -0.25) is 4.79 Å². The molecule has 0 atom stereocenters. The number of amides is 1. The second kappa shape index (κ2) is 7.79. The van der Waals surface area contributed by atoms with Gasteiger partial charge < -0.3 is 10.1 Å². The van der Waals surface area contributed by atoms with E-state index in [1.54, 1.807) is 0 Å². The zero-order chi connectivity index (χ0) is 9.40. The fourth-order valence-electron chi connectivity index (χ4n) is 0.666. The molecular formula is C8H16INO2. The number of carbonyl (C=O) groups excluding carboxylic acids is 1. The molecule has 0 radical (unpaired) electrons. The van der Waals surface area contributed by atoms with Crippen LogP contribution < -0.4 is 5.32 Å². The van der Waals surface area contributed by atoms with E-state index in [1.807, 2.05) is 36.4 Å². The number of hydrogen-bond acceptors (Lipinski definition) is 2. The van der Waals surface area contributed by atoms with E-state index in [0.717, 1.165) is 13.0 Å². The molecule has 1 amide bonds. The number of rotatable bonds is 6. The topological polar surface area (TPSA) is 38.3 Å². The van der Waals surface area contributed by atoms with Gasteiger partial charge in [-0.05, 0) is 20.3 Å². The van der Waals surface area contributed by atoms with E-state index in [0.29, 0.717) is 11.0 Å². The Labute approximate surface area is 87.4 Å². The van der Waals surface area contributed by atoms with Crippen LogP contribution in [0.15, 0.2) is 0 Å². The third kappa shape index (κ3) is 8.26. The summed E-state index contributed by atoms with van der Waals surface area (Å²) in [5.74, 6) is 0.0974. The number of nitrogens with one attached hydrogen (secondary N) is 1. The Bertz CT molecular complexity index is 128. The van der Waals surface area contributed by atoms with Crippen LogP contribution in [0, 0.1) is 0 Å². The van der Waals surface area contributed by atoms with Gasteiger partial charge in [0, 0.05) is 13.2 Å². The third-order valence-electron chi connectivity index (χ3n) is 1.22. The van der Waals surface area contributed by atoms with Gasteiger partial charge in [-0.1, -0.05) is 22.6 Å². The predicted molar refractivity (Wildman–Crippen MR) is 57.6 cm³/mol. The van der Waals surface area contributed by atoms with Crippen molar-refractivity contribution in [1.29, 1.82) is 0 Å². The third-order valence-corrected chi connectivity index (χ3v) is 1.91. The Morgan fingerprint density at radius 2 is 2.25 bits per heavy atom. The highest BCUT2D eigenvalue weighted by Gasteiger charge is 1.96. The van der Waals surface area contributed by atoms with Gasteiger partial charge in [0.05, 0.1) is 10.5 Å². The molecule has 0 saturated heterocycles. The van der Waals surface area contributed by atoms with Crippen molar-refractivity contribution in [1.82, 2.24) is 5.32 Å². The maximum atomic E-state index is 10.7. The summed E-state index contributed by atoms with van der Waals surface area (Å²) >= 11 is 2.04. The zero-order valence-electron chi connectivity index (χ0n) is 7.60. The van der Waals surface area contributed by atoms with Gasteiger partial charge in [-0.25, -0.2) is 0 Å². The van der Waals surface area contributed by atoms with Crippen molar-refractivity contribution in [2.24, 2.45) is 0 Å². The predicted octanol–water partition coefficient (Wildman–Crippen LogP) is 1.35. The van der Waals surface area contributed by atoms with Crippen molar-refractivity contribution in [2.45, 2.75) is 26.4 Å². The van der Waals surface area contributed by atoms with Gasteiger partial charge in [0.15, 0.2) is 0 Å². The summed E-state index contributed by atoms with van der Waals surface area (Å²) in [6, 6.07) is 0. The van der Waals surface area contributed by atoms with E-state index in [4.69, 9.17) is 4.74 Å². The van der Waals surface area contributed by atoms with Crippen LogP contribution in [0.3, 0.4) is 0 Å². The normalized spacial score (nSPS) is 10.3. The fourth-order valence-corrected chi connectivity index (χ4v) is 0.936. The molecule has 0 aromatic carbocycles. The SMILES string of the molecule is CC(C)OCCCNC(=O)CI. The molecule has 0 rings (SSSR count). The van der Waals surface area contributed by atoms with Gasteiger partial charge in [0.2, 0.25) is 5.91 Å². The Morgan fingerprint density at radius 1 is 1.58 bits per heavy atom. The van der Waals surface area contributed by atoms with E-state index in [-0.39, 0.29) is 12.0 Å². The van der Waals surface area contributed by atoms with Crippen LogP contribution in [0.1, 0.15) is 20.3 Å². The summed E-state index contributed by atoms with van der Waals surface area (Å²) in [5.41, 5.74) is 0. The van der Waals surface area contributed by atoms with Crippen LogP contribution >= 0.6 is 22.6 Å². The first kappa shape index (κ1) is 12.2. The van der Waals surface area contributed by atoms with E-state index < -0.39 is 0 Å². The van der Waals surface area contributed by atoms with Gasteiger partial charge in [-0.15, -0.1) is 0 Å². The second-order valence-electron chi connectivity index (χ2n) is 2.76. The standard InChI is InChI=1S/C8H16INO2/c1-7(2)12-5-3-4-10-8(11)6-9/h7H,3-6H2,1-2H3,(H,10,11). The smallest absolute Gasteiger partial charge is 0.229 e. The Balaban J connectivity index is 3.05. The van der Waals surface area contributed by atoms with E-state index in [1.165, 1.54) is 0 Å². The molecule has 0 saturated carbocycles. The molecule has 12 heavy (non-hydrogen) atoms. The van der Waals surface area contributed by atoms with Crippen molar-refractivity contribution in [3.05, 3.63) is 0 Å². The van der Waals surface area contributed by atoms with Crippen LogP contribution in [0.2, 0.25) is 0 Å². The first-order valence-electron chi connectivity index (χ1n) is 4.11. The molecule has 3 nitrogen and oxygen atoms in total. The van der Waals surface area contributed by atoms with Crippen LogP contribution in [0.25, 0.3) is 0 Å². The summed E-state index contributed by atoms with van der Waals surface area (Å²) < 4.78 is 5.83. The molecular weight excluding hydrogens is 269 g/mol. The lowest BCUT2D eigenvalue weighted by Crippen LogP contribution is -2.26. The summed E-state index contributed by atoms with van der Waals surface area (Å²) in [6.07, 6.45) is 1.17. The van der Waals surface area contributed by atoms with Crippen LogP contribution in [-0.2, 0) is 9.53 Å². The van der Waals surface area contributed by atoms with Crippen molar-refractivity contribution in [3.8, 4) is 0 Å². The molecule has 4 heteroatoms. The molecule has 0 aromatic rings. The van der Waals surface area contributed by atoms with E-state index >= 15 is 0 Å². The second-order valence-corrected chi connectivity index (χ2v) is 3.52. The average Bonchev–Trinajstić information content (AvgIpc) is 2.03. The molecule has 1 N–H and O–H groups in total. The zero-order valence-corrected chi connectivity index (χ0v) is 9.76. The minimum atomic E-state index is 0.0974. The lowest BCUT2D eigenvalue weighted by molar-refractivity contribution is -0.118. The molecule has 0 fully saturated rings. The summed E-state index contributed by atoms with van der Waals surface area (Å²) in [7, 11) is 0. The molecule has 0 aliphatic rings. The van der Waals surface area contributed by atoms with E-state index in [9.17, 15) is 4.79 Å². The Hall–Kier alpha value is 0.160. The van der Waals surface area contributed by atoms with Gasteiger partial charge in [0.25, 0.3) is 0 Å². The molecule has 0 aliphatic carbocycles. The number of alkyl halides is 1. The quantitative estimate of drug-likeness (QED) is 0.454. The average molecular weight is 285 g/mol. The maximum Gasteiger partial charge on any atom is 0.229 e. The van der Waals surface area contributed by atoms with Crippen LogP contribution in [0.5, 0.6) is 0 Å². The number of ether oxygens (including phenoxy) is 1. The Kier molecular flexibility index (Phi) is 7.89. The molecule has 0 spiro atoms. The highest BCUT2D eigenvalue weighted by atomic mass is 127. The molecule has 0 aliphatic heterocycles. The highest BCUT2D eigenvalue weighted by molar-refractivity contribution is 14.1. The van der Waals surface area contributed by atoms with Crippen molar-refractivity contribution in [3.63, 3.8) is 0 Å². The van der Waals surface area contributed by atoms with Crippen molar-refractivity contribution < 1.29 is 9.53 Å².